The Balaban J connectivity index is 1.94. The number of hydrogen-bond donors (Lipinski definition) is 0. The number of carbonyl (C=O) groups excluding carboxylic acids is 1. The lowest BCUT2D eigenvalue weighted by atomic mass is 9.65. The van der Waals surface area contributed by atoms with Gasteiger partial charge in [0.2, 0.25) is 0 Å². The van der Waals surface area contributed by atoms with Gasteiger partial charge in [-0.15, -0.1) is 0 Å². The van der Waals surface area contributed by atoms with Gasteiger partial charge in [0.1, 0.15) is 5.82 Å². The van der Waals surface area contributed by atoms with E-state index in [0.29, 0.717) is 6.54 Å². The summed E-state index contributed by atoms with van der Waals surface area (Å²) in [5, 5.41) is 0.200. The minimum Gasteiger partial charge on any atom is -0.335 e. The number of halogens is 2. The van der Waals surface area contributed by atoms with Gasteiger partial charge in [-0.2, -0.15) is 0 Å². The zero-order chi connectivity index (χ0) is 15.4. The Morgan fingerprint density at radius 3 is 2.71 bits per heavy atom. The first-order chi connectivity index (χ1) is 9.71. The molecular weight excluding hydrogens is 289 g/mol. The van der Waals surface area contributed by atoms with E-state index >= 15 is 0 Å². The van der Waals surface area contributed by atoms with Crippen LogP contribution in [0.3, 0.4) is 0 Å². The third kappa shape index (κ3) is 2.57. The van der Waals surface area contributed by atoms with Gasteiger partial charge in [0.15, 0.2) is 0 Å². The van der Waals surface area contributed by atoms with E-state index in [-0.39, 0.29) is 33.4 Å². The van der Waals surface area contributed by atoms with Crippen LogP contribution in [0.5, 0.6) is 0 Å². The van der Waals surface area contributed by atoms with Crippen molar-refractivity contribution in [1.29, 1.82) is 0 Å². The lowest BCUT2D eigenvalue weighted by molar-refractivity contribution is 0.0704. The van der Waals surface area contributed by atoms with E-state index in [1.807, 2.05) is 4.90 Å². The molecule has 4 heteroatoms. The van der Waals surface area contributed by atoms with Gasteiger partial charge in [0.05, 0.1) is 10.6 Å². The van der Waals surface area contributed by atoms with Crippen LogP contribution in [0.1, 0.15) is 50.4 Å². The second-order valence-electron chi connectivity index (χ2n) is 7.74. The molecule has 2 aliphatic rings. The Morgan fingerprint density at radius 2 is 2.05 bits per heavy atom. The number of likely N-dealkylation sites (tertiary alicyclic amines) is 1. The average molecular weight is 310 g/mol. The molecule has 0 N–H and O–H groups in total. The van der Waals surface area contributed by atoms with E-state index in [1.54, 1.807) is 6.07 Å². The lowest BCUT2D eigenvalue weighted by Gasteiger charge is -2.39. The summed E-state index contributed by atoms with van der Waals surface area (Å²) in [4.78, 5) is 14.6. The Morgan fingerprint density at radius 1 is 1.33 bits per heavy atom. The Kier molecular flexibility index (Phi) is 3.32. The van der Waals surface area contributed by atoms with Crippen molar-refractivity contribution in [3.05, 3.63) is 34.6 Å². The van der Waals surface area contributed by atoms with Crippen molar-refractivity contribution in [2.45, 2.75) is 46.1 Å². The number of nitrogens with zero attached hydrogens (tertiary/aromatic N) is 1. The van der Waals surface area contributed by atoms with Crippen LogP contribution in [0.15, 0.2) is 18.2 Å². The van der Waals surface area contributed by atoms with Gasteiger partial charge >= 0.3 is 0 Å². The number of hydrogen-bond acceptors (Lipinski definition) is 1. The normalized spacial score (nSPS) is 30.5. The van der Waals surface area contributed by atoms with Gasteiger partial charge in [0, 0.05) is 12.6 Å². The van der Waals surface area contributed by atoms with Crippen molar-refractivity contribution in [1.82, 2.24) is 4.90 Å². The molecule has 114 valence electrons. The largest absolute Gasteiger partial charge is 0.335 e. The van der Waals surface area contributed by atoms with Gasteiger partial charge in [-0.05, 0) is 42.2 Å². The van der Waals surface area contributed by atoms with Crippen LogP contribution in [0, 0.1) is 16.6 Å². The summed E-state index contributed by atoms with van der Waals surface area (Å²) < 4.78 is 14.0. The highest BCUT2D eigenvalue weighted by Crippen LogP contribution is 2.52. The van der Waals surface area contributed by atoms with E-state index in [0.717, 1.165) is 19.3 Å². The van der Waals surface area contributed by atoms with Gasteiger partial charge < -0.3 is 4.90 Å². The maximum Gasteiger partial charge on any atom is 0.258 e. The molecule has 21 heavy (non-hydrogen) atoms. The van der Waals surface area contributed by atoms with E-state index in [2.05, 4.69) is 20.8 Å². The van der Waals surface area contributed by atoms with Crippen molar-refractivity contribution in [2.75, 3.05) is 6.54 Å². The van der Waals surface area contributed by atoms with Crippen molar-refractivity contribution < 1.29 is 9.18 Å². The smallest absolute Gasteiger partial charge is 0.258 e. The maximum atomic E-state index is 14.0. The molecule has 3 rings (SSSR count). The Hall–Kier alpha value is -1.09. The summed E-state index contributed by atoms with van der Waals surface area (Å²) >= 11 is 6.05. The summed E-state index contributed by atoms with van der Waals surface area (Å²) in [6.07, 6.45) is 3.08. The Labute approximate surface area is 130 Å². The summed E-state index contributed by atoms with van der Waals surface area (Å²) in [5.74, 6) is -0.789. The summed E-state index contributed by atoms with van der Waals surface area (Å²) in [6, 6.07) is 4.60. The van der Waals surface area contributed by atoms with E-state index in [1.165, 1.54) is 12.1 Å². The molecule has 1 heterocycles. The van der Waals surface area contributed by atoms with Crippen molar-refractivity contribution in [2.24, 2.45) is 10.8 Å². The van der Waals surface area contributed by atoms with Crippen LogP contribution in [0.2, 0.25) is 5.02 Å². The third-order valence-corrected chi connectivity index (χ3v) is 5.17. The summed E-state index contributed by atoms with van der Waals surface area (Å²) in [6.45, 7) is 7.44. The quantitative estimate of drug-likeness (QED) is 0.747. The molecule has 2 atom stereocenters. The number of amides is 1. The molecule has 1 aliphatic carbocycles. The SMILES string of the molecule is CC1(C)CC2CC(C)(CN2C(=O)c2c(F)cccc2Cl)C1. The third-order valence-electron chi connectivity index (χ3n) is 4.85. The van der Waals surface area contributed by atoms with Gasteiger partial charge in [-0.1, -0.05) is 38.4 Å². The maximum absolute atomic E-state index is 14.0. The molecule has 1 saturated carbocycles. The first kappa shape index (κ1) is 14.8. The fourth-order valence-electron chi connectivity index (χ4n) is 4.54. The predicted octanol–water partition coefficient (Wildman–Crippen LogP) is 4.52. The standard InChI is InChI=1S/C17H21ClFNO/c1-16(2)7-11-8-17(3,9-16)10-20(11)15(21)14-12(18)5-4-6-13(14)19/h4-6,11H,7-10H2,1-3H3. The van der Waals surface area contributed by atoms with Crippen LogP contribution in [0.25, 0.3) is 0 Å². The highest BCUT2D eigenvalue weighted by atomic mass is 35.5. The van der Waals surface area contributed by atoms with Crippen molar-refractivity contribution in [3.63, 3.8) is 0 Å². The van der Waals surface area contributed by atoms with Gasteiger partial charge in [-0.25, -0.2) is 4.39 Å². The zero-order valence-corrected chi connectivity index (χ0v) is 13.5. The monoisotopic (exact) mass is 309 g/mol. The molecule has 1 amide bonds. The summed E-state index contributed by atoms with van der Waals surface area (Å²) in [5.41, 5.74) is 0.388. The molecule has 2 fully saturated rings. The minimum absolute atomic E-state index is 0.0214. The second-order valence-corrected chi connectivity index (χ2v) is 8.15. The topological polar surface area (TPSA) is 20.3 Å². The molecule has 0 spiro atoms. The second kappa shape index (κ2) is 4.70. The van der Waals surface area contributed by atoms with Crippen molar-refractivity contribution in [3.8, 4) is 0 Å². The first-order valence-electron chi connectivity index (χ1n) is 7.46. The molecular formula is C17H21ClFNO. The first-order valence-corrected chi connectivity index (χ1v) is 7.84. The predicted molar refractivity (Wildman–Crippen MR) is 82.0 cm³/mol. The van der Waals surface area contributed by atoms with E-state index in [9.17, 15) is 9.18 Å². The number of benzene rings is 1. The van der Waals surface area contributed by atoms with Crippen LogP contribution in [-0.2, 0) is 0 Å². The highest BCUT2D eigenvalue weighted by molar-refractivity contribution is 6.33. The average Bonchev–Trinajstić information content (AvgIpc) is 2.58. The molecule has 0 aromatic heterocycles. The molecule has 1 aliphatic heterocycles. The fourth-order valence-corrected chi connectivity index (χ4v) is 4.79. The van der Waals surface area contributed by atoms with Gasteiger partial charge in [0.25, 0.3) is 5.91 Å². The van der Waals surface area contributed by atoms with E-state index in [4.69, 9.17) is 11.6 Å². The molecule has 2 nitrogen and oxygen atoms in total. The minimum atomic E-state index is -0.529. The summed E-state index contributed by atoms with van der Waals surface area (Å²) in [7, 11) is 0. The number of rotatable bonds is 1. The van der Waals surface area contributed by atoms with Gasteiger partial charge in [-0.3, -0.25) is 4.79 Å². The highest BCUT2D eigenvalue weighted by Gasteiger charge is 2.51. The Bertz CT molecular complexity index is 580. The molecule has 1 saturated heterocycles. The van der Waals surface area contributed by atoms with Crippen molar-refractivity contribution >= 4 is 17.5 Å². The lowest BCUT2D eigenvalue weighted by Crippen LogP contribution is -2.38. The molecule has 2 bridgehead atoms. The van der Waals surface area contributed by atoms with Crippen LogP contribution in [0.4, 0.5) is 4.39 Å². The zero-order valence-electron chi connectivity index (χ0n) is 12.7. The van der Waals surface area contributed by atoms with Crippen LogP contribution >= 0.6 is 11.6 Å². The molecule has 2 unspecified atom stereocenters. The fraction of sp³-hybridized carbons (Fsp3) is 0.588. The number of carbonyl (C=O) groups is 1. The van der Waals surface area contributed by atoms with Crippen LogP contribution in [-0.4, -0.2) is 23.4 Å². The van der Waals surface area contributed by atoms with E-state index < -0.39 is 5.82 Å². The molecule has 0 radical (unpaired) electrons. The molecule has 1 aromatic rings. The molecule has 1 aromatic carbocycles. The number of fused-ring (bicyclic) bond motifs is 2. The van der Waals surface area contributed by atoms with Crippen LogP contribution < -0.4 is 0 Å².